The summed E-state index contributed by atoms with van der Waals surface area (Å²) in [5, 5.41) is 3.85. The lowest BCUT2D eigenvalue weighted by Crippen LogP contribution is -2.23. The predicted molar refractivity (Wildman–Crippen MR) is 134 cm³/mol. The summed E-state index contributed by atoms with van der Waals surface area (Å²) in [6.07, 6.45) is 1.71. The van der Waals surface area contributed by atoms with Crippen LogP contribution in [-0.4, -0.2) is 26.2 Å². The Morgan fingerprint density at radius 3 is 2.42 bits per heavy atom. The lowest BCUT2D eigenvalue weighted by molar-refractivity contribution is -0.113. The van der Waals surface area contributed by atoms with E-state index in [0.717, 1.165) is 11.3 Å². The largest absolute Gasteiger partial charge is 0.325 e. The molecule has 2 aromatic carbocycles. The fraction of sp³-hybridized carbons (Fsp3) is 0.231. The van der Waals surface area contributed by atoms with Gasteiger partial charge < -0.3 is 5.32 Å². The van der Waals surface area contributed by atoms with Crippen LogP contribution in [0.25, 0.3) is 16.7 Å². The number of nitrogens with one attached hydrogen (secondary N) is 1. The molecule has 4 rings (SSSR count). The van der Waals surface area contributed by atoms with E-state index in [1.54, 1.807) is 24.4 Å². The molecular formula is C26H26N4O2S. The highest BCUT2D eigenvalue weighted by Gasteiger charge is 2.16. The van der Waals surface area contributed by atoms with Crippen LogP contribution >= 0.6 is 11.8 Å². The Labute approximate surface area is 197 Å². The van der Waals surface area contributed by atoms with Gasteiger partial charge in [0.15, 0.2) is 5.16 Å². The van der Waals surface area contributed by atoms with Crippen LogP contribution in [0.5, 0.6) is 0 Å². The minimum absolute atomic E-state index is 0.0494. The zero-order chi connectivity index (χ0) is 23.6. The quantitative estimate of drug-likeness (QED) is 0.332. The Morgan fingerprint density at radius 1 is 1.03 bits per heavy atom. The first kappa shape index (κ1) is 22.7. The lowest BCUT2D eigenvalue weighted by Gasteiger charge is -2.19. The second-order valence-corrected chi connectivity index (χ2v) is 9.85. The molecule has 0 radical (unpaired) electrons. The van der Waals surface area contributed by atoms with E-state index >= 15 is 0 Å². The van der Waals surface area contributed by atoms with E-state index in [9.17, 15) is 9.59 Å². The van der Waals surface area contributed by atoms with Crippen molar-refractivity contribution in [2.75, 3.05) is 11.1 Å². The van der Waals surface area contributed by atoms with Gasteiger partial charge in [-0.2, -0.15) is 0 Å². The number of thioether (sulfide) groups is 1. The van der Waals surface area contributed by atoms with Gasteiger partial charge in [0, 0.05) is 11.9 Å². The van der Waals surface area contributed by atoms with E-state index in [1.165, 1.54) is 21.9 Å². The van der Waals surface area contributed by atoms with Gasteiger partial charge in [-0.05, 0) is 53.8 Å². The molecule has 2 heterocycles. The highest BCUT2D eigenvalue weighted by Crippen LogP contribution is 2.24. The highest BCUT2D eigenvalue weighted by atomic mass is 32.2. The Morgan fingerprint density at radius 2 is 1.76 bits per heavy atom. The van der Waals surface area contributed by atoms with Crippen molar-refractivity contribution in [2.45, 2.75) is 38.3 Å². The monoisotopic (exact) mass is 458 g/mol. The number of nitrogens with zero attached hydrogens (tertiary/aromatic N) is 3. The summed E-state index contributed by atoms with van der Waals surface area (Å²) in [6, 6.07) is 18.7. The van der Waals surface area contributed by atoms with Crippen LogP contribution in [0.1, 0.15) is 31.9 Å². The second-order valence-electron chi connectivity index (χ2n) is 8.91. The van der Waals surface area contributed by atoms with Crippen molar-refractivity contribution in [3.63, 3.8) is 0 Å². The molecule has 0 aliphatic heterocycles. The number of aryl methyl sites for hydroxylation is 1. The maximum Gasteiger partial charge on any atom is 0.267 e. The molecule has 0 aliphatic carbocycles. The van der Waals surface area contributed by atoms with Crippen LogP contribution in [0.2, 0.25) is 0 Å². The summed E-state index contributed by atoms with van der Waals surface area (Å²) in [6.45, 7) is 8.38. The maximum absolute atomic E-state index is 13.3. The summed E-state index contributed by atoms with van der Waals surface area (Å²) in [5.74, 6) is 0.413. The van der Waals surface area contributed by atoms with E-state index in [1.807, 2.05) is 49.4 Å². The molecule has 0 bridgehead atoms. The van der Waals surface area contributed by atoms with E-state index in [0.29, 0.717) is 21.9 Å². The van der Waals surface area contributed by atoms with Crippen LogP contribution in [0.4, 0.5) is 5.69 Å². The van der Waals surface area contributed by atoms with Crippen molar-refractivity contribution < 1.29 is 4.79 Å². The molecule has 0 fully saturated rings. The van der Waals surface area contributed by atoms with Gasteiger partial charge in [-0.25, -0.2) is 14.5 Å². The van der Waals surface area contributed by atoms with Crippen molar-refractivity contribution in [1.82, 2.24) is 14.5 Å². The molecule has 0 aliphatic rings. The van der Waals surface area contributed by atoms with Crippen molar-refractivity contribution >= 4 is 34.3 Å². The van der Waals surface area contributed by atoms with Crippen LogP contribution in [0.3, 0.4) is 0 Å². The highest BCUT2D eigenvalue weighted by molar-refractivity contribution is 7.99. The number of para-hydroxylation sites is 1. The van der Waals surface area contributed by atoms with Crippen LogP contribution in [0.15, 0.2) is 76.8 Å². The van der Waals surface area contributed by atoms with Gasteiger partial charge in [0.1, 0.15) is 5.82 Å². The van der Waals surface area contributed by atoms with Gasteiger partial charge >= 0.3 is 0 Å². The fourth-order valence-corrected chi connectivity index (χ4v) is 4.19. The fourth-order valence-electron chi connectivity index (χ4n) is 3.38. The molecule has 33 heavy (non-hydrogen) atoms. The van der Waals surface area contributed by atoms with E-state index < -0.39 is 0 Å². The topological polar surface area (TPSA) is 76.9 Å². The normalized spacial score (nSPS) is 11.5. The summed E-state index contributed by atoms with van der Waals surface area (Å²) < 4.78 is 1.47. The molecule has 2 aromatic heterocycles. The van der Waals surface area contributed by atoms with Gasteiger partial charge in [-0.1, -0.05) is 62.9 Å². The minimum atomic E-state index is -0.211. The number of amides is 1. The molecule has 168 valence electrons. The average molecular weight is 459 g/mol. The molecule has 0 saturated heterocycles. The van der Waals surface area contributed by atoms with E-state index in [2.05, 4.69) is 36.1 Å². The first-order valence-corrected chi connectivity index (χ1v) is 11.7. The first-order valence-electron chi connectivity index (χ1n) is 10.7. The number of hydrogen-bond donors (Lipinski definition) is 1. The van der Waals surface area contributed by atoms with Crippen LogP contribution in [0, 0.1) is 6.92 Å². The number of anilines is 1. The predicted octanol–water partition coefficient (Wildman–Crippen LogP) is 5.12. The molecule has 7 heteroatoms. The molecule has 4 aromatic rings. The van der Waals surface area contributed by atoms with Crippen molar-refractivity contribution in [1.29, 1.82) is 0 Å². The summed E-state index contributed by atoms with van der Waals surface area (Å²) >= 11 is 1.21. The summed E-state index contributed by atoms with van der Waals surface area (Å²) in [5.41, 5.74) is 3.35. The van der Waals surface area contributed by atoms with Crippen molar-refractivity contribution in [3.8, 4) is 5.82 Å². The molecule has 1 amide bonds. The number of rotatable bonds is 5. The molecule has 0 saturated carbocycles. The minimum Gasteiger partial charge on any atom is -0.325 e. The van der Waals surface area contributed by atoms with Gasteiger partial charge in [0.25, 0.3) is 5.56 Å². The molecule has 6 nitrogen and oxygen atoms in total. The second kappa shape index (κ2) is 9.19. The molecular weight excluding hydrogens is 432 g/mol. The number of aromatic nitrogens is 3. The van der Waals surface area contributed by atoms with E-state index in [-0.39, 0.29) is 22.6 Å². The third kappa shape index (κ3) is 5.14. The number of fused-ring (bicyclic) bond motifs is 1. The molecule has 0 spiro atoms. The Hall–Kier alpha value is -3.45. The van der Waals surface area contributed by atoms with Crippen LogP contribution in [-0.2, 0) is 10.2 Å². The number of benzene rings is 2. The zero-order valence-electron chi connectivity index (χ0n) is 19.1. The standard InChI is InChI=1S/C26H26N4O2S/c1-17-9-14-22(27-15-17)30-24(32)20-7-5-6-8-21(20)29-25(30)33-16-23(31)28-19-12-10-18(11-13-19)26(2,3)4/h5-15H,16H2,1-4H3,(H,28,31). The SMILES string of the molecule is Cc1ccc(-n2c(SCC(=O)Nc3ccc(C(C)(C)C)cc3)nc3ccccc3c2=O)nc1. The maximum atomic E-state index is 13.3. The Bertz CT molecular complexity index is 1350. The van der Waals surface area contributed by atoms with Gasteiger partial charge in [0.05, 0.1) is 16.7 Å². The Balaban J connectivity index is 1.59. The molecule has 0 atom stereocenters. The average Bonchev–Trinajstić information content (AvgIpc) is 2.78. The summed E-state index contributed by atoms with van der Waals surface area (Å²) in [4.78, 5) is 35.0. The van der Waals surface area contributed by atoms with Gasteiger partial charge in [-0.3, -0.25) is 9.59 Å². The number of carbonyl (C=O) groups excluding carboxylic acids is 1. The summed E-state index contributed by atoms with van der Waals surface area (Å²) in [7, 11) is 0. The molecule has 0 unspecified atom stereocenters. The third-order valence-corrected chi connectivity index (χ3v) is 6.18. The van der Waals surface area contributed by atoms with E-state index in [4.69, 9.17) is 0 Å². The first-order chi connectivity index (χ1) is 15.7. The van der Waals surface area contributed by atoms with Gasteiger partial charge in [-0.15, -0.1) is 0 Å². The number of carbonyl (C=O) groups is 1. The van der Waals surface area contributed by atoms with Crippen molar-refractivity contribution in [2.24, 2.45) is 0 Å². The smallest absolute Gasteiger partial charge is 0.267 e. The third-order valence-electron chi connectivity index (χ3n) is 5.24. The Kier molecular flexibility index (Phi) is 6.33. The lowest BCUT2D eigenvalue weighted by atomic mass is 9.87. The molecule has 1 N–H and O–H groups in total. The van der Waals surface area contributed by atoms with Crippen molar-refractivity contribution in [3.05, 3.63) is 88.3 Å². The number of hydrogen-bond acceptors (Lipinski definition) is 5. The van der Waals surface area contributed by atoms with Gasteiger partial charge in [0.2, 0.25) is 5.91 Å². The number of pyridine rings is 1. The zero-order valence-corrected chi connectivity index (χ0v) is 19.9. The van der Waals surface area contributed by atoms with Crippen LogP contribution < -0.4 is 10.9 Å².